The predicted molar refractivity (Wildman–Crippen MR) is 88.5 cm³/mol. The van der Waals surface area contributed by atoms with E-state index in [0.717, 1.165) is 9.84 Å². The molecular formula is C13H26I2. The molecule has 0 fully saturated rings. The van der Waals surface area contributed by atoms with Crippen LogP contribution in [0, 0.1) is 5.92 Å². The zero-order valence-corrected chi connectivity index (χ0v) is 14.6. The Morgan fingerprint density at radius 1 is 0.933 bits per heavy atom. The van der Waals surface area contributed by atoms with Crippen LogP contribution in [0.1, 0.15) is 65.2 Å². The van der Waals surface area contributed by atoms with Gasteiger partial charge in [0.05, 0.1) is 0 Å². The zero-order chi connectivity index (χ0) is 11.5. The maximum Gasteiger partial charge on any atom is 0.0109 e. The molecule has 0 bridgehead atoms. The van der Waals surface area contributed by atoms with E-state index in [4.69, 9.17) is 0 Å². The van der Waals surface area contributed by atoms with Crippen molar-refractivity contribution in [3.63, 3.8) is 0 Å². The van der Waals surface area contributed by atoms with Gasteiger partial charge in [-0.2, -0.15) is 0 Å². The Kier molecular flexibility index (Phi) is 13.1. The third-order valence-electron chi connectivity index (χ3n) is 3.03. The molecule has 0 aliphatic carbocycles. The van der Waals surface area contributed by atoms with Gasteiger partial charge in [-0.15, -0.1) is 0 Å². The highest BCUT2D eigenvalue weighted by atomic mass is 127. The van der Waals surface area contributed by atoms with Crippen molar-refractivity contribution in [3.8, 4) is 0 Å². The van der Waals surface area contributed by atoms with Crippen LogP contribution in [0.5, 0.6) is 0 Å². The Hall–Kier alpha value is 1.46. The molecule has 92 valence electrons. The molecule has 0 aliphatic rings. The fourth-order valence-electron chi connectivity index (χ4n) is 1.82. The molecule has 0 N–H and O–H groups in total. The van der Waals surface area contributed by atoms with Gasteiger partial charge < -0.3 is 0 Å². The summed E-state index contributed by atoms with van der Waals surface area (Å²) in [7, 11) is 0. The smallest absolute Gasteiger partial charge is 0.0109 e. The van der Waals surface area contributed by atoms with E-state index in [1.165, 1.54) is 55.8 Å². The van der Waals surface area contributed by atoms with Crippen molar-refractivity contribution in [2.24, 2.45) is 5.92 Å². The molecule has 2 heteroatoms. The van der Waals surface area contributed by atoms with Gasteiger partial charge in [-0.05, 0) is 25.2 Å². The first-order valence-corrected chi connectivity index (χ1v) is 9.21. The molecule has 0 aromatic carbocycles. The van der Waals surface area contributed by atoms with Crippen molar-refractivity contribution >= 4 is 45.2 Å². The Bertz CT molecular complexity index is 122. The molecule has 0 radical (unpaired) electrons. The summed E-state index contributed by atoms with van der Waals surface area (Å²) in [4.78, 5) is 0. The molecule has 0 spiro atoms. The lowest BCUT2D eigenvalue weighted by Gasteiger charge is -2.11. The Morgan fingerprint density at radius 3 is 2.13 bits per heavy atom. The van der Waals surface area contributed by atoms with Crippen molar-refractivity contribution in [2.75, 3.05) is 4.43 Å². The van der Waals surface area contributed by atoms with Gasteiger partial charge in [0, 0.05) is 8.35 Å². The van der Waals surface area contributed by atoms with E-state index in [0.29, 0.717) is 0 Å². The lowest BCUT2D eigenvalue weighted by Crippen LogP contribution is -2.00. The average molecular weight is 436 g/mol. The van der Waals surface area contributed by atoms with Gasteiger partial charge in [0.25, 0.3) is 0 Å². The molecule has 0 aliphatic heterocycles. The van der Waals surface area contributed by atoms with Gasteiger partial charge >= 0.3 is 0 Å². The fraction of sp³-hybridized carbons (Fsp3) is 1.00. The van der Waals surface area contributed by atoms with Gasteiger partial charge in [0.15, 0.2) is 0 Å². The van der Waals surface area contributed by atoms with Crippen LogP contribution in [-0.4, -0.2) is 8.35 Å². The van der Waals surface area contributed by atoms with Crippen LogP contribution in [0.4, 0.5) is 0 Å². The van der Waals surface area contributed by atoms with Gasteiger partial charge in [-0.1, -0.05) is 91.1 Å². The number of alkyl halides is 2. The van der Waals surface area contributed by atoms with E-state index in [1.807, 2.05) is 0 Å². The van der Waals surface area contributed by atoms with Gasteiger partial charge in [0.2, 0.25) is 0 Å². The first-order chi connectivity index (χ1) is 7.24. The average Bonchev–Trinajstić information content (AvgIpc) is 2.24. The quantitative estimate of drug-likeness (QED) is 0.224. The highest BCUT2D eigenvalue weighted by Gasteiger charge is 2.05. The van der Waals surface area contributed by atoms with E-state index >= 15 is 0 Å². The van der Waals surface area contributed by atoms with E-state index in [2.05, 4.69) is 59.0 Å². The summed E-state index contributed by atoms with van der Waals surface area (Å²) in [5.74, 6) is 0.983. The number of unbranched alkanes of at least 4 members (excludes halogenated alkanes) is 2. The summed E-state index contributed by atoms with van der Waals surface area (Å²) in [6.07, 6.45) is 11.4. The molecule has 0 saturated carbocycles. The molecule has 0 rings (SSSR count). The van der Waals surface area contributed by atoms with Crippen molar-refractivity contribution in [2.45, 2.75) is 69.1 Å². The van der Waals surface area contributed by atoms with Crippen LogP contribution in [0.25, 0.3) is 0 Å². The summed E-state index contributed by atoms with van der Waals surface area (Å²) < 4.78 is 2.28. The summed E-state index contributed by atoms with van der Waals surface area (Å²) in [6.45, 7) is 4.61. The Labute approximate surface area is 124 Å². The molecule has 0 amide bonds. The highest BCUT2D eigenvalue weighted by Crippen LogP contribution is 2.19. The summed E-state index contributed by atoms with van der Waals surface area (Å²) in [5.41, 5.74) is 0. The second-order valence-electron chi connectivity index (χ2n) is 4.45. The minimum absolute atomic E-state index is 0.930. The molecule has 2 atom stereocenters. The number of halogens is 2. The lowest BCUT2D eigenvalue weighted by atomic mass is 10.00. The molecule has 0 heterocycles. The van der Waals surface area contributed by atoms with E-state index in [-0.39, 0.29) is 0 Å². The number of hydrogen-bond donors (Lipinski definition) is 0. The molecule has 15 heavy (non-hydrogen) atoms. The zero-order valence-electron chi connectivity index (χ0n) is 10.3. The fourth-order valence-corrected chi connectivity index (χ4v) is 3.95. The molecule has 0 aromatic heterocycles. The normalized spacial score (nSPS) is 15.2. The minimum Gasteiger partial charge on any atom is -0.0861 e. The molecular weight excluding hydrogens is 410 g/mol. The first kappa shape index (κ1) is 16.5. The predicted octanol–water partition coefficient (Wildman–Crippen LogP) is 6.00. The monoisotopic (exact) mass is 436 g/mol. The molecule has 2 unspecified atom stereocenters. The summed E-state index contributed by atoms with van der Waals surface area (Å²) >= 11 is 5.15. The third-order valence-corrected chi connectivity index (χ3v) is 5.52. The summed E-state index contributed by atoms with van der Waals surface area (Å²) in [5, 5.41) is 0. The highest BCUT2D eigenvalue weighted by molar-refractivity contribution is 14.1. The first-order valence-electron chi connectivity index (χ1n) is 6.44. The van der Waals surface area contributed by atoms with Crippen molar-refractivity contribution in [1.82, 2.24) is 0 Å². The largest absolute Gasteiger partial charge is 0.0861 e. The van der Waals surface area contributed by atoms with Crippen molar-refractivity contribution in [3.05, 3.63) is 0 Å². The van der Waals surface area contributed by atoms with E-state index < -0.39 is 0 Å². The van der Waals surface area contributed by atoms with E-state index in [9.17, 15) is 0 Å². The van der Waals surface area contributed by atoms with Gasteiger partial charge in [-0.3, -0.25) is 0 Å². The lowest BCUT2D eigenvalue weighted by molar-refractivity contribution is 0.484. The van der Waals surface area contributed by atoms with Crippen LogP contribution in [-0.2, 0) is 0 Å². The molecule has 0 saturated heterocycles. The number of rotatable bonds is 10. The molecule has 0 nitrogen and oxygen atoms in total. The topological polar surface area (TPSA) is 0 Å². The number of hydrogen-bond acceptors (Lipinski definition) is 0. The van der Waals surface area contributed by atoms with E-state index in [1.54, 1.807) is 0 Å². The van der Waals surface area contributed by atoms with Crippen LogP contribution in [0.2, 0.25) is 0 Å². The van der Waals surface area contributed by atoms with Crippen LogP contribution in [0.3, 0.4) is 0 Å². The van der Waals surface area contributed by atoms with Gasteiger partial charge in [0.1, 0.15) is 0 Å². The summed E-state index contributed by atoms with van der Waals surface area (Å²) in [6, 6.07) is 0. The molecule has 0 aromatic rings. The Balaban J connectivity index is 3.23. The van der Waals surface area contributed by atoms with Gasteiger partial charge in [-0.25, -0.2) is 0 Å². The second kappa shape index (κ2) is 11.9. The SMILES string of the molecule is CCCC(I)CCCCCC(CC)CI. The van der Waals surface area contributed by atoms with Crippen LogP contribution >= 0.6 is 45.2 Å². The Morgan fingerprint density at radius 2 is 1.60 bits per heavy atom. The maximum atomic E-state index is 2.62. The van der Waals surface area contributed by atoms with Crippen molar-refractivity contribution < 1.29 is 0 Å². The minimum atomic E-state index is 0.930. The third kappa shape index (κ3) is 10.3. The van der Waals surface area contributed by atoms with Crippen molar-refractivity contribution in [1.29, 1.82) is 0 Å². The van der Waals surface area contributed by atoms with Crippen LogP contribution in [0.15, 0.2) is 0 Å². The standard InChI is InChI=1S/C13H26I2/c1-3-8-13(15)10-7-5-6-9-12(4-2)11-14/h12-13H,3-11H2,1-2H3. The van der Waals surface area contributed by atoms with Crippen LogP contribution < -0.4 is 0 Å². The second-order valence-corrected chi connectivity index (χ2v) is 7.09. The maximum absolute atomic E-state index is 2.62.